The van der Waals surface area contributed by atoms with Crippen LogP contribution < -0.4 is 10.1 Å². The Morgan fingerprint density at radius 1 is 1.15 bits per heavy atom. The molecule has 2 unspecified atom stereocenters. The van der Waals surface area contributed by atoms with Gasteiger partial charge in [-0.25, -0.2) is 0 Å². The highest BCUT2D eigenvalue weighted by atomic mass is 16.5. The summed E-state index contributed by atoms with van der Waals surface area (Å²) < 4.78 is 6.55. The molecule has 0 aliphatic heterocycles. The third-order valence-electron chi connectivity index (χ3n) is 6.05. The highest BCUT2D eigenvalue weighted by Gasteiger charge is 2.36. The van der Waals surface area contributed by atoms with Gasteiger partial charge in [-0.15, -0.1) is 0 Å². The maximum Gasteiger partial charge on any atom is 0.221 e. The normalized spacial score (nSPS) is 21.9. The van der Waals surface area contributed by atoms with Crippen molar-refractivity contribution in [2.24, 2.45) is 11.8 Å². The van der Waals surface area contributed by atoms with Gasteiger partial charge in [-0.05, 0) is 48.9 Å². The van der Waals surface area contributed by atoms with Gasteiger partial charge in [0.2, 0.25) is 5.91 Å². The van der Waals surface area contributed by atoms with E-state index in [1.54, 1.807) is 0 Å². The van der Waals surface area contributed by atoms with Gasteiger partial charge in [0, 0.05) is 24.6 Å². The lowest BCUT2D eigenvalue weighted by molar-refractivity contribution is -0.114. The quantitative estimate of drug-likeness (QED) is 0.726. The number of rotatable bonds is 5. The first-order chi connectivity index (χ1) is 13.1. The smallest absolute Gasteiger partial charge is 0.221 e. The molecule has 1 amide bonds. The van der Waals surface area contributed by atoms with Crippen molar-refractivity contribution in [1.29, 1.82) is 0 Å². The third kappa shape index (κ3) is 4.18. The van der Waals surface area contributed by atoms with Crippen molar-refractivity contribution < 1.29 is 9.53 Å². The monoisotopic (exact) mass is 363 g/mol. The predicted molar refractivity (Wildman–Crippen MR) is 109 cm³/mol. The number of nitrogens with one attached hydrogen (secondary N) is 1. The summed E-state index contributed by atoms with van der Waals surface area (Å²) in [5, 5.41) is 2.85. The molecule has 2 aromatic rings. The average Bonchev–Trinajstić information content (AvgIpc) is 3.24. The number of ether oxygens (including phenoxy) is 1. The second-order valence-corrected chi connectivity index (χ2v) is 8.30. The first kappa shape index (κ1) is 18.1. The molecule has 2 atom stereocenters. The number of fused-ring (bicyclic) bond motifs is 1. The van der Waals surface area contributed by atoms with E-state index >= 15 is 0 Å². The van der Waals surface area contributed by atoms with Crippen molar-refractivity contribution >= 4 is 11.6 Å². The van der Waals surface area contributed by atoms with E-state index in [4.69, 9.17) is 4.74 Å². The van der Waals surface area contributed by atoms with Gasteiger partial charge in [-0.3, -0.25) is 4.79 Å². The molecule has 2 aromatic carbocycles. The van der Waals surface area contributed by atoms with E-state index in [1.165, 1.54) is 55.7 Å². The zero-order chi connectivity index (χ0) is 18.8. The number of aryl methyl sites for hydroxylation is 1. The number of carbonyl (C=O) groups is 1. The minimum Gasteiger partial charge on any atom is -0.485 e. The SMILES string of the molecule is CC(=O)Nc1cccc(OC2c3cc(C)ccc3CC2CC2CCCC2)c1. The van der Waals surface area contributed by atoms with Gasteiger partial charge in [0.1, 0.15) is 11.9 Å². The van der Waals surface area contributed by atoms with Crippen LogP contribution in [0.15, 0.2) is 42.5 Å². The standard InChI is InChI=1S/C24H29NO2/c1-16-10-11-19-14-20(13-18-6-3-4-7-18)24(23(19)12-16)27-22-9-5-8-21(15-22)25-17(2)26/h5,8-12,15,18,20,24H,3-4,6-7,13-14H2,1-2H3,(H,25,26). The molecule has 1 fully saturated rings. The van der Waals surface area contributed by atoms with E-state index in [0.717, 1.165) is 23.8 Å². The van der Waals surface area contributed by atoms with Gasteiger partial charge >= 0.3 is 0 Å². The van der Waals surface area contributed by atoms with Crippen LogP contribution in [-0.2, 0) is 11.2 Å². The highest BCUT2D eigenvalue weighted by molar-refractivity contribution is 5.88. The molecule has 27 heavy (non-hydrogen) atoms. The maximum absolute atomic E-state index is 11.4. The number of amides is 1. The average molecular weight is 364 g/mol. The largest absolute Gasteiger partial charge is 0.485 e. The fourth-order valence-electron chi connectivity index (χ4n) is 4.85. The molecule has 0 spiro atoms. The molecule has 2 aliphatic carbocycles. The van der Waals surface area contributed by atoms with E-state index in [9.17, 15) is 4.79 Å². The van der Waals surface area contributed by atoms with Crippen LogP contribution in [0.1, 0.15) is 61.8 Å². The molecule has 2 aliphatic rings. The van der Waals surface area contributed by atoms with Crippen molar-refractivity contribution in [2.45, 2.75) is 58.5 Å². The van der Waals surface area contributed by atoms with Gasteiger partial charge in [0.15, 0.2) is 0 Å². The number of carbonyl (C=O) groups excluding carboxylic acids is 1. The van der Waals surface area contributed by atoms with E-state index in [0.29, 0.717) is 5.92 Å². The molecule has 0 heterocycles. The second-order valence-electron chi connectivity index (χ2n) is 8.30. The lowest BCUT2D eigenvalue weighted by atomic mass is 9.89. The Morgan fingerprint density at radius 2 is 1.96 bits per heavy atom. The molecule has 1 saturated carbocycles. The van der Waals surface area contributed by atoms with Crippen molar-refractivity contribution in [3.63, 3.8) is 0 Å². The maximum atomic E-state index is 11.4. The summed E-state index contributed by atoms with van der Waals surface area (Å²) in [4.78, 5) is 11.4. The molecule has 0 radical (unpaired) electrons. The lowest BCUT2D eigenvalue weighted by Gasteiger charge is -2.25. The Bertz CT molecular complexity index is 823. The molecule has 0 aromatic heterocycles. The van der Waals surface area contributed by atoms with Gasteiger partial charge in [0.25, 0.3) is 0 Å². The van der Waals surface area contributed by atoms with Gasteiger partial charge < -0.3 is 10.1 Å². The minimum atomic E-state index is -0.0619. The van der Waals surface area contributed by atoms with Crippen molar-refractivity contribution in [2.75, 3.05) is 5.32 Å². The van der Waals surface area contributed by atoms with Crippen LogP contribution in [0.4, 0.5) is 5.69 Å². The van der Waals surface area contributed by atoms with E-state index in [1.807, 2.05) is 24.3 Å². The molecular formula is C24H29NO2. The van der Waals surface area contributed by atoms with Crippen molar-refractivity contribution in [3.05, 3.63) is 59.2 Å². The predicted octanol–water partition coefficient (Wildman–Crippen LogP) is 5.83. The van der Waals surface area contributed by atoms with Crippen LogP contribution >= 0.6 is 0 Å². The van der Waals surface area contributed by atoms with Crippen LogP contribution in [0, 0.1) is 18.8 Å². The highest BCUT2D eigenvalue weighted by Crippen LogP contribution is 2.45. The fourth-order valence-corrected chi connectivity index (χ4v) is 4.85. The Labute approximate surface area is 162 Å². The summed E-state index contributed by atoms with van der Waals surface area (Å²) in [5.74, 6) is 2.15. The summed E-state index contributed by atoms with van der Waals surface area (Å²) in [5.41, 5.74) is 4.86. The molecule has 4 rings (SSSR count). The van der Waals surface area contributed by atoms with Crippen LogP contribution in [0.25, 0.3) is 0 Å². The molecular weight excluding hydrogens is 334 g/mol. The molecule has 3 heteroatoms. The summed E-state index contributed by atoms with van der Waals surface area (Å²) in [7, 11) is 0. The number of hydrogen-bond acceptors (Lipinski definition) is 2. The Morgan fingerprint density at radius 3 is 2.74 bits per heavy atom. The molecule has 142 valence electrons. The first-order valence-corrected chi connectivity index (χ1v) is 10.2. The topological polar surface area (TPSA) is 38.3 Å². The zero-order valence-corrected chi connectivity index (χ0v) is 16.3. The Kier molecular flexibility index (Phi) is 5.20. The second kappa shape index (κ2) is 7.75. The summed E-state index contributed by atoms with van der Waals surface area (Å²) >= 11 is 0. The summed E-state index contributed by atoms with van der Waals surface area (Å²) in [6.45, 7) is 3.68. The van der Waals surface area contributed by atoms with E-state index in [2.05, 4.69) is 30.4 Å². The third-order valence-corrected chi connectivity index (χ3v) is 6.05. The van der Waals surface area contributed by atoms with Crippen molar-refractivity contribution in [1.82, 2.24) is 0 Å². The minimum absolute atomic E-state index is 0.0619. The van der Waals surface area contributed by atoms with Crippen LogP contribution in [0.5, 0.6) is 5.75 Å². The van der Waals surface area contributed by atoms with Crippen molar-refractivity contribution in [3.8, 4) is 5.75 Å². The van der Waals surface area contributed by atoms with Gasteiger partial charge in [0.05, 0.1) is 0 Å². The number of benzene rings is 2. The molecule has 0 bridgehead atoms. The Hall–Kier alpha value is -2.29. The summed E-state index contributed by atoms with van der Waals surface area (Å²) in [6, 6.07) is 14.6. The van der Waals surface area contributed by atoms with Crippen LogP contribution in [0.2, 0.25) is 0 Å². The molecule has 3 nitrogen and oxygen atoms in total. The number of anilines is 1. The van der Waals surface area contributed by atoms with E-state index in [-0.39, 0.29) is 12.0 Å². The fraction of sp³-hybridized carbons (Fsp3) is 0.458. The molecule has 0 saturated heterocycles. The molecule has 1 N–H and O–H groups in total. The van der Waals surface area contributed by atoms with E-state index < -0.39 is 0 Å². The number of hydrogen-bond donors (Lipinski definition) is 1. The van der Waals surface area contributed by atoms with Crippen LogP contribution in [-0.4, -0.2) is 5.91 Å². The first-order valence-electron chi connectivity index (χ1n) is 10.2. The summed E-state index contributed by atoms with van der Waals surface area (Å²) in [6.07, 6.45) is 7.98. The zero-order valence-electron chi connectivity index (χ0n) is 16.3. The van der Waals surface area contributed by atoms with Gasteiger partial charge in [-0.1, -0.05) is 55.5 Å². The van der Waals surface area contributed by atoms with Crippen LogP contribution in [0.3, 0.4) is 0 Å². The Balaban J connectivity index is 1.58. The van der Waals surface area contributed by atoms with Gasteiger partial charge in [-0.2, -0.15) is 0 Å². The lowest BCUT2D eigenvalue weighted by Crippen LogP contribution is -2.17.